The second kappa shape index (κ2) is 8.71. The highest BCUT2D eigenvalue weighted by Crippen LogP contribution is 2.15. The molecule has 0 bridgehead atoms. The van der Waals surface area contributed by atoms with Gasteiger partial charge in [-0.2, -0.15) is 0 Å². The lowest BCUT2D eigenvalue weighted by Crippen LogP contribution is -2.36. The van der Waals surface area contributed by atoms with Gasteiger partial charge in [-0.15, -0.1) is 6.42 Å². The normalized spacial score (nSPS) is 15.5. The average Bonchev–Trinajstić information content (AvgIpc) is 2.46. The van der Waals surface area contributed by atoms with Crippen molar-refractivity contribution in [1.82, 2.24) is 5.32 Å². The number of terminal acetylenes is 1. The third kappa shape index (κ3) is 5.89. The van der Waals surface area contributed by atoms with Crippen LogP contribution in [0.3, 0.4) is 0 Å². The molecule has 1 aromatic rings. The minimum atomic E-state index is -0.548. The predicted molar refractivity (Wildman–Crippen MR) is 77.7 cm³/mol. The lowest BCUT2D eigenvalue weighted by molar-refractivity contribution is -0.00244. The van der Waals surface area contributed by atoms with E-state index in [4.69, 9.17) is 11.2 Å². The maximum absolute atomic E-state index is 9.83. The average molecular weight is 261 g/mol. The first kappa shape index (κ1) is 15.7. The van der Waals surface area contributed by atoms with E-state index in [0.29, 0.717) is 13.2 Å². The van der Waals surface area contributed by atoms with Crippen molar-refractivity contribution in [3.63, 3.8) is 0 Å². The van der Waals surface area contributed by atoms with Crippen LogP contribution in [-0.2, 0) is 4.74 Å². The first-order chi connectivity index (χ1) is 9.17. The molecule has 3 nitrogen and oxygen atoms in total. The van der Waals surface area contributed by atoms with E-state index in [1.54, 1.807) is 0 Å². The Hall–Kier alpha value is -1.34. The lowest BCUT2D eigenvalue weighted by Gasteiger charge is -2.18. The second-order valence-corrected chi connectivity index (χ2v) is 4.58. The van der Waals surface area contributed by atoms with Gasteiger partial charge in [-0.25, -0.2) is 0 Å². The SMILES string of the molecule is C#CC(CC)NCC(O)COC(C)c1ccccc1. The van der Waals surface area contributed by atoms with Gasteiger partial charge in [0.2, 0.25) is 0 Å². The largest absolute Gasteiger partial charge is 0.389 e. The zero-order valence-electron chi connectivity index (χ0n) is 11.7. The van der Waals surface area contributed by atoms with Gasteiger partial charge >= 0.3 is 0 Å². The van der Waals surface area contributed by atoms with Gasteiger partial charge in [0, 0.05) is 6.54 Å². The molecular weight excluding hydrogens is 238 g/mol. The minimum Gasteiger partial charge on any atom is -0.389 e. The molecule has 104 valence electrons. The highest BCUT2D eigenvalue weighted by molar-refractivity contribution is 5.16. The number of aliphatic hydroxyl groups is 1. The summed E-state index contributed by atoms with van der Waals surface area (Å²) in [4.78, 5) is 0. The molecule has 0 saturated carbocycles. The van der Waals surface area contributed by atoms with E-state index in [1.165, 1.54) is 0 Å². The van der Waals surface area contributed by atoms with Gasteiger partial charge in [-0.3, -0.25) is 0 Å². The topological polar surface area (TPSA) is 41.5 Å². The van der Waals surface area contributed by atoms with Crippen LogP contribution in [0.25, 0.3) is 0 Å². The molecule has 0 fully saturated rings. The van der Waals surface area contributed by atoms with Crippen LogP contribution in [0.5, 0.6) is 0 Å². The molecule has 2 N–H and O–H groups in total. The molecule has 3 heteroatoms. The molecule has 19 heavy (non-hydrogen) atoms. The quantitative estimate of drug-likeness (QED) is 0.704. The monoisotopic (exact) mass is 261 g/mol. The molecule has 0 radical (unpaired) electrons. The summed E-state index contributed by atoms with van der Waals surface area (Å²) in [6.07, 6.45) is 5.62. The third-order valence-electron chi connectivity index (χ3n) is 3.02. The second-order valence-electron chi connectivity index (χ2n) is 4.58. The smallest absolute Gasteiger partial charge is 0.0898 e. The summed E-state index contributed by atoms with van der Waals surface area (Å²) in [6, 6.07) is 9.97. The molecule has 0 heterocycles. The fourth-order valence-electron chi connectivity index (χ4n) is 1.73. The number of rotatable bonds is 8. The summed E-state index contributed by atoms with van der Waals surface area (Å²) in [5, 5.41) is 12.9. The summed E-state index contributed by atoms with van der Waals surface area (Å²) in [5.41, 5.74) is 1.11. The van der Waals surface area contributed by atoms with Crippen molar-refractivity contribution >= 4 is 0 Å². The first-order valence-corrected chi connectivity index (χ1v) is 6.71. The Bertz CT molecular complexity index is 385. The molecule has 0 aliphatic heterocycles. The summed E-state index contributed by atoms with van der Waals surface area (Å²) < 4.78 is 5.65. The summed E-state index contributed by atoms with van der Waals surface area (Å²) in [7, 11) is 0. The maximum Gasteiger partial charge on any atom is 0.0898 e. The molecule has 0 aliphatic rings. The summed E-state index contributed by atoms with van der Waals surface area (Å²) in [5.74, 6) is 2.63. The Morgan fingerprint density at radius 2 is 2.05 bits per heavy atom. The molecule has 0 saturated heterocycles. The van der Waals surface area contributed by atoms with E-state index in [9.17, 15) is 5.11 Å². The van der Waals surface area contributed by atoms with Crippen molar-refractivity contribution in [2.75, 3.05) is 13.2 Å². The van der Waals surface area contributed by atoms with Gasteiger partial charge in [0.15, 0.2) is 0 Å². The number of hydrogen-bond acceptors (Lipinski definition) is 3. The van der Waals surface area contributed by atoms with E-state index >= 15 is 0 Å². The van der Waals surface area contributed by atoms with E-state index in [-0.39, 0.29) is 12.1 Å². The molecule has 0 aliphatic carbocycles. The van der Waals surface area contributed by atoms with E-state index in [0.717, 1.165) is 12.0 Å². The van der Waals surface area contributed by atoms with Crippen molar-refractivity contribution in [1.29, 1.82) is 0 Å². The molecule has 1 aromatic carbocycles. The van der Waals surface area contributed by atoms with Crippen LogP contribution in [-0.4, -0.2) is 30.4 Å². The molecule has 3 atom stereocenters. The van der Waals surface area contributed by atoms with Crippen LogP contribution in [0.15, 0.2) is 30.3 Å². The van der Waals surface area contributed by atoms with E-state index < -0.39 is 6.10 Å². The molecule has 0 amide bonds. The predicted octanol–water partition coefficient (Wildman–Crippen LogP) is 2.13. The van der Waals surface area contributed by atoms with Gasteiger partial charge in [0.25, 0.3) is 0 Å². The van der Waals surface area contributed by atoms with Gasteiger partial charge in [-0.05, 0) is 18.9 Å². The van der Waals surface area contributed by atoms with Crippen LogP contribution < -0.4 is 5.32 Å². The van der Waals surface area contributed by atoms with E-state index in [1.807, 2.05) is 44.2 Å². The van der Waals surface area contributed by atoms with Gasteiger partial charge in [0.05, 0.1) is 24.9 Å². The number of aliphatic hydroxyl groups excluding tert-OH is 1. The zero-order chi connectivity index (χ0) is 14.1. The molecule has 3 unspecified atom stereocenters. The Balaban J connectivity index is 2.27. The Labute approximate surface area is 116 Å². The van der Waals surface area contributed by atoms with Crippen molar-refractivity contribution in [3.8, 4) is 12.3 Å². The number of benzene rings is 1. The number of ether oxygens (including phenoxy) is 1. The summed E-state index contributed by atoms with van der Waals surface area (Å²) >= 11 is 0. The van der Waals surface area contributed by atoms with Gasteiger partial charge in [-0.1, -0.05) is 43.2 Å². The summed E-state index contributed by atoms with van der Waals surface area (Å²) in [6.45, 7) is 4.73. The molecule has 0 spiro atoms. The maximum atomic E-state index is 9.83. The van der Waals surface area contributed by atoms with Crippen LogP contribution in [0.4, 0.5) is 0 Å². The Morgan fingerprint density at radius 3 is 2.63 bits per heavy atom. The number of hydrogen-bond donors (Lipinski definition) is 2. The van der Waals surface area contributed by atoms with Gasteiger partial charge < -0.3 is 15.2 Å². The van der Waals surface area contributed by atoms with Crippen molar-refractivity contribution in [3.05, 3.63) is 35.9 Å². The van der Waals surface area contributed by atoms with Crippen molar-refractivity contribution in [2.24, 2.45) is 0 Å². The molecular formula is C16H23NO2. The minimum absolute atomic E-state index is 0.0150. The van der Waals surface area contributed by atoms with Gasteiger partial charge in [0.1, 0.15) is 0 Å². The molecule has 1 rings (SSSR count). The van der Waals surface area contributed by atoms with Crippen LogP contribution in [0, 0.1) is 12.3 Å². The Kier molecular flexibility index (Phi) is 7.20. The van der Waals surface area contributed by atoms with Crippen LogP contribution >= 0.6 is 0 Å². The first-order valence-electron chi connectivity index (χ1n) is 6.71. The lowest BCUT2D eigenvalue weighted by atomic mass is 10.1. The highest BCUT2D eigenvalue weighted by Gasteiger charge is 2.10. The standard InChI is InChI=1S/C16H23NO2/c1-4-15(5-2)17-11-16(18)12-19-13(3)14-9-7-6-8-10-14/h1,6-10,13,15-18H,5,11-12H2,2-3H3. The number of nitrogens with one attached hydrogen (secondary N) is 1. The Morgan fingerprint density at radius 1 is 1.37 bits per heavy atom. The highest BCUT2D eigenvalue weighted by atomic mass is 16.5. The van der Waals surface area contributed by atoms with Crippen molar-refractivity contribution in [2.45, 2.75) is 38.5 Å². The third-order valence-corrected chi connectivity index (χ3v) is 3.02. The fourth-order valence-corrected chi connectivity index (χ4v) is 1.73. The van der Waals surface area contributed by atoms with Crippen molar-refractivity contribution < 1.29 is 9.84 Å². The van der Waals surface area contributed by atoms with E-state index in [2.05, 4.69) is 11.2 Å². The van der Waals surface area contributed by atoms with Crippen LogP contribution in [0.1, 0.15) is 31.9 Å². The molecule has 0 aromatic heterocycles. The van der Waals surface area contributed by atoms with Crippen LogP contribution in [0.2, 0.25) is 0 Å². The fraction of sp³-hybridized carbons (Fsp3) is 0.500. The zero-order valence-corrected chi connectivity index (χ0v) is 11.7.